The Labute approximate surface area is 120 Å². The standard InChI is InChI=1S/C15H15BrN2O/c16-11-2-3-12(18-8-11)9-19-13-4-5-14-10(7-13)1-6-15(14)17/h2-5,7-8,15H,1,6,9,17H2/t15-/m0/s1. The Bertz CT molecular complexity index is 583. The first kappa shape index (κ1) is 12.6. The third-order valence-electron chi connectivity index (χ3n) is 3.41. The molecule has 3 nitrogen and oxygen atoms in total. The summed E-state index contributed by atoms with van der Waals surface area (Å²) in [7, 11) is 0. The highest BCUT2D eigenvalue weighted by Gasteiger charge is 2.19. The highest BCUT2D eigenvalue weighted by atomic mass is 79.9. The fraction of sp³-hybridized carbons (Fsp3) is 0.267. The molecule has 1 aliphatic rings. The molecule has 0 amide bonds. The van der Waals surface area contributed by atoms with Crippen LogP contribution >= 0.6 is 15.9 Å². The van der Waals surface area contributed by atoms with Crippen molar-refractivity contribution in [2.45, 2.75) is 25.5 Å². The summed E-state index contributed by atoms with van der Waals surface area (Å²) < 4.78 is 6.75. The van der Waals surface area contributed by atoms with Gasteiger partial charge < -0.3 is 10.5 Å². The number of hydrogen-bond donors (Lipinski definition) is 1. The molecule has 0 spiro atoms. The van der Waals surface area contributed by atoms with Gasteiger partial charge in [-0.25, -0.2) is 0 Å². The summed E-state index contributed by atoms with van der Waals surface area (Å²) in [6.07, 6.45) is 3.86. The van der Waals surface area contributed by atoms with Crippen molar-refractivity contribution in [2.75, 3.05) is 0 Å². The molecule has 0 unspecified atom stereocenters. The highest BCUT2D eigenvalue weighted by molar-refractivity contribution is 9.10. The van der Waals surface area contributed by atoms with Gasteiger partial charge in [-0.05, 0) is 64.2 Å². The average Bonchev–Trinajstić information content (AvgIpc) is 2.79. The third-order valence-corrected chi connectivity index (χ3v) is 3.88. The molecule has 98 valence electrons. The number of fused-ring (bicyclic) bond motifs is 1. The molecule has 2 N–H and O–H groups in total. The molecule has 1 aliphatic carbocycles. The van der Waals surface area contributed by atoms with Gasteiger partial charge in [0.2, 0.25) is 0 Å². The Morgan fingerprint density at radius 1 is 1.32 bits per heavy atom. The largest absolute Gasteiger partial charge is 0.487 e. The highest BCUT2D eigenvalue weighted by Crippen LogP contribution is 2.31. The van der Waals surface area contributed by atoms with E-state index in [1.807, 2.05) is 18.2 Å². The molecule has 0 bridgehead atoms. The lowest BCUT2D eigenvalue weighted by Crippen LogP contribution is -2.05. The van der Waals surface area contributed by atoms with Gasteiger partial charge in [0.1, 0.15) is 12.4 Å². The van der Waals surface area contributed by atoms with E-state index in [2.05, 4.69) is 33.0 Å². The molecule has 1 atom stereocenters. The predicted octanol–water partition coefficient (Wildman–Crippen LogP) is 3.37. The zero-order valence-electron chi connectivity index (χ0n) is 10.5. The van der Waals surface area contributed by atoms with Crippen LogP contribution in [-0.4, -0.2) is 4.98 Å². The van der Waals surface area contributed by atoms with Crippen LogP contribution < -0.4 is 10.5 Å². The van der Waals surface area contributed by atoms with E-state index >= 15 is 0 Å². The second kappa shape index (κ2) is 5.31. The number of nitrogens with zero attached hydrogens (tertiary/aromatic N) is 1. The fourth-order valence-corrected chi connectivity index (χ4v) is 2.60. The number of pyridine rings is 1. The molecule has 0 saturated carbocycles. The summed E-state index contributed by atoms with van der Waals surface area (Å²) in [5, 5.41) is 0. The van der Waals surface area contributed by atoms with Crippen LogP contribution in [-0.2, 0) is 13.0 Å². The zero-order valence-corrected chi connectivity index (χ0v) is 12.1. The minimum Gasteiger partial charge on any atom is -0.487 e. The van der Waals surface area contributed by atoms with Gasteiger partial charge in [-0.3, -0.25) is 4.98 Å². The number of nitrogens with two attached hydrogens (primary N) is 1. The van der Waals surface area contributed by atoms with Crippen LogP contribution in [0.1, 0.15) is 29.3 Å². The quantitative estimate of drug-likeness (QED) is 0.943. The normalized spacial score (nSPS) is 17.3. The number of hydrogen-bond acceptors (Lipinski definition) is 3. The lowest BCUT2D eigenvalue weighted by Gasteiger charge is -2.09. The molecule has 3 rings (SSSR count). The molecular weight excluding hydrogens is 304 g/mol. The van der Waals surface area contributed by atoms with Gasteiger partial charge >= 0.3 is 0 Å². The minimum atomic E-state index is 0.192. The van der Waals surface area contributed by atoms with Gasteiger partial charge in [0.25, 0.3) is 0 Å². The summed E-state index contributed by atoms with van der Waals surface area (Å²) in [5.74, 6) is 0.887. The Hall–Kier alpha value is -1.39. The van der Waals surface area contributed by atoms with Gasteiger partial charge in [-0.2, -0.15) is 0 Å². The Morgan fingerprint density at radius 3 is 3.00 bits per heavy atom. The number of aryl methyl sites for hydroxylation is 1. The van der Waals surface area contributed by atoms with E-state index in [1.165, 1.54) is 11.1 Å². The maximum absolute atomic E-state index is 6.02. The van der Waals surface area contributed by atoms with Crippen molar-refractivity contribution in [3.05, 3.63) is 57.8 Å². The van der Waals surface area contributed by atoms with Crippen molar-refractivity contribution in [2.24, 2.45) is 5.73 Å². The van der Waals surface area contributed by atoms with Crippen molar-refractivity contribution in [3.63, 3.8) is 0 Å². The lowest BCUT2D eigenvalue weighted by molar-refractivity contribution is 0.301. The van der Waals surface area contributed by atoms with Gasteiger partial charge in [-0.15, -0.1) is 0 Å². The van der Waals surface area contributed by atoms with Crippen molar-refractivity contribution in [3.8, 4) is 5.75 Å². The van der Waals surface area contributed by atoms with Crippen LogP contribution in [0, 0.1) is 0 Å². The average molecular weight is 319 g/mol. The monoisotopic (exact) mass is 318 g/mol. The molecule has 1 aromatic carbocycles. The van der Waals surface area contributed by atoms with Crippen molar-refractivity contribution in [1.82, 2.24) is 4.98 Å². The molecule has 1 heterocycles. The summed E-state index contributed by atoms with van der Waals surface area (Å²) >= 11 is 3.37. The first-order chi connectivity index (χ1) is 9.22. The number of aromatic nitrogens is 1. The van der Waals surface area contributed by atoms with Gasteiger partial charge in [0.15, 0.2) is 0 Å². The molecule has 1 aromatic heterocycles. The summed E-state index contributed by atoms with van der Waals surface area (Å²) in [5.41, 5.74) is 9.51. The third kappa shape index (κ3) is 2.80. The summed E-state index contributed by atoms with van der Waals surface area (Å²) in [4.78, 5) is 4.29. The van der Waals surface area contributed by atoms with Crippen LogP contribution in [0.4, 0.5) is 0 Å². The Balaban J connectivity index is 1.69. The van der Waals surface area contributed by atoms with Crippen molar-refractivity contribution >= 4 is 15.9 Å². The van der Waals surface area contributed by atoms with E-state index in [-0.39, 0.29) is 6.04 Å². The SMILES string of the molecule is N[C@H]1CCc2cc(OCc3ccc(Br)cn3)ccc21. The Morgan fingerprint density at radius 2 is 2.21 bits per heavy atom. The van der Waals surface area contributed by atoms with E-state index < -0.39 is 0 Å². The van der Waals surface area contributed by atoms with E-state index in [9.17, 15) is 0 Å². The van der Waals surface area contributed by atoms with E-state index in [1.54, 1.807) is 6.20 Å². The molecule has 4 heteroatoms. The Kier molecular flexibility index (Phi) is 3.53. The van der Waals surface area contributed by atoms with Crippen LogP contribution in [0.15, 0.2) is 41.0 Å². The summed E-state index contributed by atoms with van der Waals surface area (Å²) in [6, 6.07) is 10.3. The molecule has 0 saturated heterocycles. The van der Waals surface area contributed by atoms with Crippen LogP contribution in [0.25, 0.3) is 0 Å². The lowest BCUT2D eigenvalue weighted by atomic mass is 10.1. The zero-order chi connectivity index (χ0) is 13.2. The molecule has 0 fully saturated rings. The van der Waals surface area contributed by atoms with Crippen LogP contribution in [0.5, 0.6) is 5.75 Å². The van der Waals surface area contributed by atoms with E-state index in [0.29, 0.717) is 6.61 Å². The van der Waals surface area contributed by atoms with Crippen molar-refractivity contribution < 1.29 is 4.74 Å². The second-order valence-corrected chi connectivity index (χ2v) is 5.68. The second-order valence-electron chi connectivity index (χ2n) is 4.76. The predicted molar refractivity (Wildman–Crippen MR) is 78.0 cm³/mol. The van der Waals surface area contributed by atoms with Crippen LogP contribution in [0.3, 0.4) is 0 Å². The molecule has 2 aromatic rings. The topological polar surface area (TPSA) is 48.1 Å². The van der Waals surface area contributed by atoms with Gasteiger partial charge in [0.05, 0.1) is 5.69 Å². The molecule has 0 aliphatic heterocycles. The summed E-state index contributed by atoms with van der Waals surface area (Å²) in [6.45, 7) is 0.484. The number of ether oxygens (including phenoxy) is 1. The fourth-order valence-electron chi connectivity index (χ4n) is 2.37. The van der Waals surface area contributed by atoms with Gasteiger partial charge in [-0.1, -0.05) is 6.07 Å². The van der Waals surface area contributed by atoms with Gasteiger partial charge in [0, 0.05) is 16.7 Å². The number of benzene rings is 1. The van der Waals surface area contributed by atoms with E-state index in [4.69, 9.17) is 10.5 Å². The number of halogens is 1. The van der Waals surface area contributed by atoms with Crippen molar-refractivity contribution in [1.29, 1.82) is 0 Å². The number of rotatable bonds is 3. The first-order valence-electron chi connectivity index (χ1n) is 6.34. The van der Waals surface area contributed by atoms with E-state index in [0.717, 1.165) is 28.8 Å². The molecular formula is C15H15BrN2O. The van der Waals surface area contributed by atoms with Crippen LogP contribution in [0.2, 0.25) is 0 Å². The minimum absolute atomic E-state index is 0.192. The maximum atomic E-state index is 6.02. The molecule has 0 radical (unpaired) electrons. The maximum Gasteiger partial charge on any atom is 0.130 e. The smallest absolute Gasteiger partial charge is 0.130 e. The molecule has 19 heavy (non-hydrogen) atoms. The first-order valence-corrected chi connectivity index (χ1v) is 7.13.